The molecule has 0 saturated carbocycles. The van der Waals surface area contributed by atoms with Crippen molar-refractivity contribution in [2.75, 3.05) is 13.7 Å². The normalized spacial score (nSPS) is 14.6. The van der Waals surface area contributed by atoms with Gasteiger partial charge < -0.3 is 9.47 Å². The third-order valence-corrected chi connectivity index (χ3v) is 9.03. The molecule has 0 amide bonds. The van der Waals surface area contributed by atoms with E-state index in [0.717, 1.165) is 27.6 Å². The zero-order valence-corrected chi connectivity index (χ0v) is 27.1. The molecule has 226 valence electrons. The predicted molar refractivity (Wildman–Crippen MR) is 170 cm³/mol. The van der Waals surface area contributed by atoms with E-state index in [1.54, 1.807) is 49.7 Å². The first-order valence-electron chi connectivity index (χ1n) is 13.5. The molecular weight excluding hydrogens is 670 g/mol. The van der Waals surface area contributed by atoms with Crippen molar-refractivity contribution in [3.8, 4) is 5.75 Å². The Morgan fingerprint density at radius 1 is 1.20 bits per heavy atom. The first-order valence-corrected chi connectivity index (χ1v) is 16.0. The standard InChI is InChI=1S/C30H26BrN5O6S2/c1-4-7-20-25(28(38)42-5-2)26(19-16-18(31)9-10-22(19)41-3)35-27(37)24(44-30(35)34-20)15-17-8-11-23(21(14-17)36(39)40)43-29-32-12-6-13-33-29/h6,8-16,26H,4-5,7H2,1-3H3/b24-15-/t26-/m0/s1. The lowest BCUT2D eigenvalue weighted by molar-refractivity contribution is -0.387. The summed E-state index contributed by atoms with van der Waals surface area (Å²) in [6.45, 7) is 3.85. The van der Waals surface area contributed by atoms with Gasteiger partial charge in [0.25, 0.3) is 11.2 Å². The average molecular weight is 697 g/mol. The fourth-order valence-corrected chi connectivity index (χ4v) is 6.97. The van der Waals surface area contributed by atoms with Gasteiger partial charge >= 0.3 is 5.97 Å². The van der Waals surface area contributed by atoms with Crippen molar-refractivity contribution in [3.05, 3.63) is 112 Å². The van der Waals surface area contributed by atoms with Gasteiger partial charge in [-0.1, -0.05) is 46.7 Å². The SMILES string of the molecule is CCCC1=C(C(=O)OCC)[C@H](c2cc(Br)ccc2OC)n2c(s/c(=C\c3ccc(Sc4ncccn4)c([N+](=O)[O-])c3)c2=O)=N1. The van der Waals surface area contributed by atoms with Gasteiger partial charge in [0.05, 0.1) is 39.3 Å². The highest BCUT2D eigenvalue weighted by Crippen LogP contribution is 2.38. The predicted octanol–water partition coefficient (Wildman–Crippen LogP) is 5.20. The minimum atomic E-state index is -0.875. The third kappa shape index (κ3) is 6.37. The van der Waals surface area contributed by atoms with Crippen LogP contribution in [0.5, 0.6) is 5.75 Å². The number of hydrogen-bond donors (Lipinski definition) is 0. The van der Waals surface area contributed by atoms with Crippen LogP contribution in [0.3, 0.4) is 0 Å². The van der Waals surface area contributed by atoms with Crippen LogP contribution in [0.1, 0.15) is 43.9 Å². The second-order valence-electron chi connectivity index (χ2n) is 9.42. The number of nitro groups is 1. The summed E-state index contributed by atoms with van der Waals surface area (Å²) in [6.07, 6.45) is 5.91. The van der Waals surface area contributed by atoms with Crippen molar-refractivity contribution in [3.63, 3.8) is 0 Å². The van der Waals surface area contributed by atoms with Gasteiger partial charge in [0.1, 0.15) is 11.8 Å². The maximum absolute atomic E-state index is 14.1. The molecule has 0 spiro atoms. The number of carbonyl (C=O) groups is 1. The maximum Gasteiger partial charge on any atom is 0.338 e. The van der Waals surface area contributed by atoms with Crippen LogP contribution in [0.2, 0.25) is 0 Å². The largest absolute Gasteiger partial charge is 0.496 e. The summed E-state index contributed by atoms with van der Waals surface area (Å²) in [6, 6.07) is 10.9. The molecule has 0 bridgehead atoms. The van der Waals surface area contributed by atoms with Gasteiger partial charge in [-0.25, -0.2) is 19.8 Å². The minimum Gasteiger partial charge on any atom is -0.496 e. The summed E-state index contributed by atoms with van der Waals surface area (Å²) in [5.41, 5.74) is 1.29. The number of rotatable bonds is 10. The Kier molecular flexibility index (Phi) is 9.71. The van der Waals surface area contributed by atoms with Crippen LogP contribution in [0, 0.1) is 10.1 Å². The maximum atomic E-state index is 14.1. The molecule has 5 rings (SSSR count). The monoisotopic (exact) mass is 695 g/mol. The molecule has 4 aromatic rings. The van der Waals surface area contributed by atoms with Crippen LogP contribution < -0.4 is 19.6 Å². The number of benzene rings is 2. The number of methoxy groups -OCH3 is 1. The fraction of sp³-hybridized carbons (Fsp3) is 0.233. The van der Waals surface area contributed by atoms with Crippen molar-refractivity contribution in [2.24, 2.45) is 4.99 Å². The smallest absolute Gasteiger partial charge is 0.338 e. The van der Waals surface area contributed by atoms with E-state index in [-0.39, 0.29) is 17.9 Å². The Morgan fingerprint density at radius 3 is 2.66 bits per heavy atom. The van der Waals surface area contributed by atoms with Crippen LogP contribution in [-0.4, -0.2) is 39.1 Å². The molecule has 0 saturated heterocycles. The number of aromatic nitrogens is 3. The van der Waals surface area contributed by atoms with Crippen LogP contribution in [0.25, 0.3) is 6.08 Å². The molecule has 3 heterocycles. The molecule has 1 aliphatic rings. The highest BCUT2D eigenvalue weighted by molar-refractivity contribution is 9.10. The number of thiazole rings is 1. The number of nitrogens with zero attached hydrogens (tertiary/aromatic N) is 5. The number of nitro benzene ring substituents is 1. The molecular formula is C30H26BrN5O6S2. The topological polar surface area (TPSA) is 139 Å². The summed E-state index contributed by atoms with van der Waals surface area (Å²) in [5.74, 6) is -0.0782. The molecule has 0 radical (unpaired) electrons. The highest BCUT2D eigenvalue weighted by atomic mass is 79.9. The molecule has 2 aromatic heterocycles. The molecule has 0 aliphatic carbocycles. The van der Waals surface area contributed by atoms with Crippen LogP contribution in [-0.2, 0) is 9.53 Å². The van der Waals surface area contributed by atoms with Crippen molar-refractivity contribution in [1.82, 2.24) is 14.5 Å². The van der Waals surface area contributed by atoms with E-state index < -0.39 is 22.5 Å². The minimum absolute atomic E-state index is 0.143. The molecule has 1 atom stereocenters. The number of halogens is 1. The molecule has 14 heteroatoms. The van der Waals surface area contributed by atoms with Crippen molar-refractivity contribution in [1.29, 1.82) is 0 Å². The molecule has 0 fully saturated rings. The Bertz CT molecular complexity index is 1960. The summed E-state index contributed by atoms with van der Waals surface area (Å²) in [7, 11) is 1.52. The van der Waals surface area contributed by atoms with Crippen LogP contribution in [0.15, 0.2) is 90.4 Å². The number of ether oxygens (including phenoxy) is 2. The fourth-order valence-electron chi connectivity index (χ4n) is 4.78. The van der Waals surface area contributed by atoms with Crippen LogP contribution >= 0.6 is 39.0 Å². The molecule has 44 heavy (non-hydrogen) atoms. The molecule has 11 nitrogen and oxygen atoms in total. The zero-order chi connectivity index (χ0) is 31.4. The van der Waals surface area contributed by atoms with E-state index in [1.165, 1.54) is 17.7 Å². The van der Waals surface area contributed by atoms with Gasteiger partial charge in [-0.2, -0.15) is 0 Å². The summed E-state index contributed by atoms with van der Waals surface area (Å²) in [5, 5.41) is 12.4. The van der Waals surface area contributed by atoms with Gasteiger partial charge in [-0.15, -0.1) is 0 Å². The van der Waals surface area contributed by atoms with Crippen molar-refractivity contribution < 1.29 is 19.2 Å². The molecule has 0 N–H and O–H groups in total. The first kappa shape index (κ1) is 31.3. The lowest BCUT2D eigenvalue weighted by Gasteiger charge is -2.27. The van der Waals surface area contributed by atoms with Gasteiger partial charge in [0, 0.05) is 28.5 Å². The Hall–Kier alpha value is -4.14. The van der Waals surface area contributed by atoms with E-state index >= 15 is 0 Å². The summed E-state index contributed by atoms with van der Waals surface area (Å²) in [4.78, 5) is 52.8. The Labute approximate surface area is 268 Å². The van der Waals surface area contributed by atoms with E-state index in [0.29, 0.717) is 54.8 Å². The lowest BCUT2D eigenvalue weighted by atomic mass is 9.93. The lowest BCUT2D eigenvalue weighted by Crippen LogP contribution is -2.40. The van der Waals surface area contributed by atoms with Crippen LogP contribution in [0.4, 0.5) is 5.69 Å². The van der Waals surface area contributed by atoms with Gasteiger partial charge in [-0.05, 0) is 67.1 Å². The van der Waals surface area contributed by atoms with Gasteiger partial charge in [0.15, 0.2) is 9.96 Å². The van der Waals surface area contributed by atoms with Gasteiger partial charge in [0.2, 0.25) is 0 Å². The number of fused-ring (bicyclic) bond motifs is 1. The average Bonchev–Trinajstić information content (AvgIpc) is 3.31. The number of carbonyl (C=O) groups excluding carboxylic acids is 1. The summed E-state index contributed by atoms with van der Waals surface area (Å²) >= 11 is 5.73. The first-order chi connectivity index (χ1) is 21.2. The second kappa shape index (κ2) is 13.7. The third-order valence-electron chi connectivity index (χ3n) is 6.60. The van der Waals surface area contributed by atoms with E-state index in [2.05, 4.69) is 25.9 Å². The Morgan fingerprint density at radius 2 is 1.98 bits per heavy atom. The van der Waals surface area contributed by atoms with E-state index in [9.17, 15) is 19.7 Å². The zero-order valence-electron chi connectivity index (χ0n) is 23.9. The van der Waals surface area contributed by atoms with E-state index in [4.69, 9.17) is 14.5 Å². The van der Waals surface area contributed by atoms with Crippen molar-refractivity contribution >= 4 is 56.8 Å². The number of esters is 1. The van der Waals surface area contributed by atoms with Crippen molar-refractivity contribution in [2.45, 2.75) is 42.8 Å². The highest BCUT2D eigenvalue weighted by Gasteiger charge is 2.36. The number of allylic oxidation sites excluding steroid dienone is 1. The van der Waals surface area contributed by atoms with E-state index in [1.807, 2.05) is 19.1 Å². The molecule has 0 unspecified atom stereocenters. The van der Waals surface area contributed by atoms with Gasteiger partial charge in [-0.3, -0.25) is 19.5 Å². The molecule has 1 aliphatic heterocycles. The Balaban J connectivity index is 1.70. The second-order valence-corrected chi connectivity index (χ2v) is 12.4. The number of hydrogen-bond acceptors (Lipinski definition) is 11. The quantitative estimate of drug-likeness (QED) is 0.0948. The summed E-state index contributed by atoms with van der Waals surface area (Å²) < 4.78 is 13.6. The molecule has 2 aromatic carbocycles.